The number of hydrogen-bond acceptors (Lipinski definition) is 4. The molecule has 3 nitrogen and oxygen atoms in total. The smallest absolute Gasteiger partial charge is 0.144 e. The van der Waals surface area contributed by atoms with Crippen LogP contribution in [0.1, 0.15) is 34.4 Å². The molecule has 0 N–H and O–H groups in total. The van der Waals surface area contributed by atoms with Gasteiger partial charge in [0.1, 0.15) is 15.4 Å². The molecule has 1 fully saturated rings. The molecule has 1 aliphatic carbocycles. The Morgan fingerprint density at radius 1 is 0.935 bits per heavy atom. The summed E-state index contributed by atoms with van der Waals surface area (Å²) in [5.41, 5.74) is 8.58. The van der Waals surface area contributed by atoms with Gasteiger partial charge in [0.25, 0.3) is 0 Å². The quantitative estimate of drug-likeness (QED) is 0.367. The highest BCUT2D eigenvalue weighted by atomic mass is 32.1. The normalized spacial score (nSPS) is 17.1. The van der Waals surface area contributed by atoms with E-state index >= 15 is 0 Å². The van der Waals surface area contributed by atoms with E-state index in [0.29, 0.717) is 0 Å². The first kappa shape index (κ1) is 18.9. The van der Waals surface area contributed by atoms with Gasteiger partial charge in [0.05, 0.1) is 11.1 Å². The molecule has 2 aliphatic rings. The van der Waals surface area contributed by atoms with Crippen molar-refractivity contribution in [2.24, 2.45) is 0 Å². The van der Waals surface area contributed by atoms with Gasteiger partial charge in [-0.1, -0.05) is 53.8 Å². The number of hydrogen-bond donors (Lipinski definition) is 0. The van der Waals surface area contributed by atoms with Crippen molar-refractivity contribution in [3.8, 4) is 10.6 Å². The topological polar surface area (TPSA) is 29.0 Å². The monoisotopic (exact) mass is 423 g/mol. The second-order valence-electron chi connectivity index (χ2n) is 8.83. The van der Waals surface area contributed by atoms with Crippen LogP contribution in [0, 0.1) is 13.8 Å². The van der Waals surface area contributed by atoms with E-state index < -0.39 is 0 Å². The van der Waals surface area contributed by atoms with Gasteiger partial charge in [-0.2, -0.15) is 0 Å². The van der Waals surface area contributed by atoms with Crippen molar-refractivity contribution in [3.63, 3.8) is 0 Å². The Morgan fingerprint density at radius 2 is 1.68 bits per heavy atom. The van der Waals surface area contributed by atoms with Crippen molar-refractivity contribution in [3.05, 3.63) is 94.7 Å². The van der Waals surface area contributed by atoms with Gasteiger partial charge in [0.15, 0.2) is 0 Å². The van der Waals surface area contributed by atoms with E-state index in [0.717, 1.165) is 27.6 Å². The predicted octanol–water partition coefficient (Wildman–Crippen LogP) is 6.04. The maximum Gasteiger partial charge on any atom is 0.144 e. The lowest BCUT2D eigenvalue weighted by molar-refractivity contribution is 0.172. The molecule has 0 amide bonds. The molecule has 1 aliphatic heterocycles. The maximum atomic E-state index is 5.04. The average molecular weight is 424 g/mol. The Kier molecular flexibility index (Phi) is 4.34. The van der Waals surface area contributed by atoms with Gasteiger partial charge < -0.3 is 0 Å². The van der Waals surface area contributed by atoms with Crippen LogP contribution >= 0.6 is 11.3 Å². The van der Waals surface area contributed by atoms with Crippen molar-refractivity contribution in [1.82, 2.24) is 14.9 Å². The van der Waals surface area contributed by atoms with E-state index in [1.54, 1.807) is 11.3 Å². The molecule has 2 aromatic carbocycles. The van der Waals surface area contributed by atoms with E-state index in [1.165, 1.54) is 47.3 Å². The second kappa shape index (κ2) is 7.11. The third kappa shape index (κ3) is 3.22. The number of aryl methyl sites for hydroxylation is 2. The van der Waals surface area contributed by atoms with Gasteiger partial charge >= 0.3 is 0 Å². The minimum Gasteiger partial charge on any atom is -0.299 e. The lowest BCUT2D eigenvalue weighted by Crippen LogP contribution is -2.36. The highest BCUT2D eigenvalue weighted by Crippen LogP contribution is 2.45. The Bertz CT molecular complexity index is 1290. The van der Waals surface area contributed by atoms with Crippen LogP contribution < -0.4 is 0 Å². The summed E-state index contributed by atoms with van der Waals surface area (Å²) < 4.78 is 0. The molecule has 4 aromatic rings. The van der Waals surface area contributed by atoms with Crippen LogP contribution in [-0.4, -0.2) is 28.0 Å². The predicted molar refractivity (Wildman–Crippen MR) is 129 cm³/mol. The summed E-state index contributed by atoms with van der Waals surface area (Å²) in [5, 5.41) is 1.05. The standard InChI is InChI=1S/C27H25N3S/c1-18-15-20(16-19(2)22(18)17-30-13-6-14-30)25-28-23-9-10-24(29-26(23)31-25)27(11-12-27)21-7-4-3-5-8-21/h3-5,7-12,15-16H,6,13-14,17H2,1-2H3. The lowest BCUT2D eigenvalue weighted by Gasteiger charge is -2.31. The van der Waals surface area contributed by atoms with Gasteiger partial charge in [0, 0.05) is 12.1 Å². The average Bonchev–Trinajstić information content (AvgIpc) is 3.45. The zero-order chi connectivity index (χ0) is 21.0. The SMILES string of the molecule is Cc1cc(-c2nc3ccc(C4(c5ccccc5)C=C4)nc3s2)cc(C)c1CN1CCC1. The minimum atomic E-state index is -0.148. The molecule has 0 bridgehead atoms. The van der Waals surface area contributed by atoms with E-state index in [1.807, 2.05) is 0 Å². The van der Waals surface area contributed by atoms with Crippen molar-refractivity contribution in [2.45, 2.75) is 32.2 Å². The van der Waals surface area contributed by atoms with Crippen LogP contribution in [0.5, 0.6) is 0 Å². The molecule has 4 heteroatoms. The fourth-order valence-electron chi connectivity index (χ4n) is 4.61. The Hall–Kier alpha value is -2.82. The van der Waals surface area contributed by atoms with Crippen LogP contribution in [0.25, 0.3) is 20.9 Å². The first-order valence-electron chi connectivity index (χ1n) is 11.0. The summed E-state index contributed by atoms with van der Waals surface area (Å²) in [7, 11) is 0. The van der Waals surface area contributed by atoms with Crippen molar-refractivity contribution in [1.29, 1.82) is 0 Å². The van der Waals surface area contributed by atoms with Gasteiger partial charge in [-0.3, -0.25) is 4.90 Å². The molecule has 154 valence electrons. The molecular formula is C27H25N3S. The number of nitrogens with zero attached hydrogens (tertiary/aromatic N) is 3. The minimum absolute atomic E-state index is 0.148. The maximum absolute atomic E-state index is 5.04. The fourth-order valence-corrected chi connectivity index (χ4v) is 5.53. The van der Waals surface area contributed by atoms with Gasteiger partial charge in [0.2, 0.25) is 0 Å². The van der Waals surface area contributed by atoms with Crippen LogP contribution in [-0.2, 0) is 12.0 Å². The molecular weight excluding hydrogens is 398 g/mol. The molecule has 6 rings (SSSR count). The Labute approximate surface area is 187 Å². The second-order valence-corrected chi connectivity index (χ2v) is 9.80. The van der Waals surface area contributed by atoms with Crippen molar-refractivity contribution < 1.29 is 0 Å². The Morgan fingerprint density at radius 3 is 2.32 bits per heavy atom. The summed E-state index contributed by atoms with van der Waals surface area (Å²) >= 11 is 1.70. The fraction of sp³-hybridized carbons (Fsp3) is 0.259. The van der Waals surface area contributed by atoms with E-state index in [9.17, 15) is 0 Å². The van der Waals surface area contributed by atoms with Crippen LogP contribution in [0.4, 0.5) is 0 Å². The first-order chi connectivity index (χ1) is 15.1. The van der Waals surface area contributed by atoms with E-state index in [4.69, 9.17) is 9.97 Å². The van der Waals surface area contributed by atoms with Crippen molar-refractivity contribution >= 4 is 21.7 Å². The van der Waals surface area contributed by atoms with Gasteiger partial charge in [-0.25, -0.2) is 9.97 Å². The molecule has 0 spiro atoms. The van der Waals surface area contributed by atoms with Gasteiger partial charge in [-0.15, -0.1) is 0 Å². The van der Waals surface area contributed by atoms with Crippen LogP contribution in [0.2, 0.25) is 0 Å². The van der Waals surface area contributed by atoms with Crippen LogP contribution in [0.3, 0.4) is 0 Å². The number of likely N-dealkylation sites (tertiary alicyclic amines) is 1. The highest BCUT2D eigenvalue weighted by Gasteiger charge is 2.39. The van der Waals surface area contributed by atoms with E-state index in [-0.39, 0.29) is 5.41 Å². The number of rotatable bonds is 5. The number of fused-ring (bicyclic) bond motifs is 1. The van der Waals surface area contributed by atoms with E-state index in [2.05, 4.69) is 85.5 Å². The summed E-state index contributed by atoms with van der Waals surface area (Å²) in [5.74, 6) is 0. The van der Waals surface area contributed by atoms with Crippen molar-refractivity contribution in [2.75, 3.05) is 13.1 Å². The third-order valence-corrected chi connectivity index (χ3v) is 7.72. The molecule has 3 heterocycles. The molecule has 1 saturated heterocycles. The highest BCUT2D eigenvalue weighted by molar-refractivity contribution is 7.21. The number of thiazole rings is 1. The molecule has 2 aromatic heterocycles. The molecule has 0 atom stereocenters. The summed E-state index contributed by atoms with van der Waals surface area (Å²) in [6.45, 7) is 7.99. The first-order valence-corrected chi connectivity index (χ1v) is 11.8. The lowest BCUT2D eigenvalue weighted by atomic mass is 9.89. The van der Waals surface area contributed by atoms with Gasteiger partial charge in [-0.05, 0) is 79.9 Å². The third-order valence-electron chi connectivity index (χ3n) is 6.70. The molecule has 0 saturated carbocycles. The number of allylic oxidation sites excluding steroid dienone is 2. The number of pyridine rings is 1. The summed E-state index contributed by atoms with van der Waals surface area (Å²) in [6.07, 6.45) is 5.81. The van der Waals surface area contributed by atoms with Crippen LogP contribution in [0.15, 0.2) is 66.7 Å². The number of benzene rings is 2. The molecule has 0 radical (unpaired) electrons. The Balaban J connectivity index is 1.35. The molecule has 31 heavy (non-hydrogen) atoms. The summed E-state index contributed by atoms with van der Waals surface area (Å²) in [6, 6.07) is 19.5. The number of aromatic nitrogens is 2. The zero-order valence-corrected chi connectivity index (χ0v) is 18.7. The largest absolute Gasteiger partial charge is 0.299 e. The summed E-state index contributed by atoms with van der Waals surface area (Å²) in [4.78, 5) is 13.5. The molecule has 0 unspecified atom stereocenters. The zero-order valence-electron chi connectivity index (χ0n) is 17.9.